The summed E-state index contributed by atoms with van der Waals surface area (Å²) >= 11 is 7.24. The summed E-state index contributed by atoms with van der Waals surface area (Å²) in [4.78, 5) is 12.2. The van der Waals surface area contributed by atoms with E-state index < -0.39 is 0 Å². The molecule has 0 unspecified atom stereocenters. The van der Waals surface area contributed by atoms with Gasteiger partial charge in [0.05, 0.1) is 5.75 Å². The van der Waals surface area contributed by atoms with Gasteiger partial charge in [-0.1, -0.05) is 60.6 Å². The zero-order valence-electron chi connectivity index (χ0n) is 15.5. The Morgan fingerprint density at radius 3 is 2.54 bits per heavy atom. The smallest absolute Gasteiger partial charge is 0.234 e. The van der Waals surface area contributed by atoms with E-state index in [1.165, 1.54) is 11.8 Å². The van der Waals surface area contributed by atoms with Crippen LogP contribution in [0.25, 0.3) is 0 Å². The number of hydrogen-bond donors (Lipinski definition) is 2. The Kier molecular flexibility index (Phi) is 7.28. The number of anilines is 2. The molecule has 0 radical (unpaired) electrons. The van der Waals surface area contributed by atoms with Gasteiger partial charge >= 0.3 is 0 Å². The van der Waals surface area contributed by atoms with Crippen LogP contribution in [-0.4, -0.2) is 21.9 Å². The number of nitrogens with zero attached hydrogens (tertiary/aromatic N) is 2. The second-order valence-electron chi connectivity index (χ2n) is 6.08. The van der Waals surface area contributed by atoms with E-state index in [0.717, 1.165) is 23.2 Å². The highest BCUT2D eigenvalue weighted by atomic mass is 35.5. The molecule has 3 rings (SSSR count). The van der Waals surface area contributed by atoms with Crippen molar-refractivity contribution in [3.8, 4) is 0 Å². The highest BCUT2D eigenvalue weighted by Gasteiger charge is 2.07. The molecule has 0 aliphatic heterocycles. The quantitative estimate of drug-likeness (QED) is 0.507. The second kappa shape index (κ2) is 10.1. The lowest BCUT2D eigenvalue weighted by atomic mass is 10.1. The molecule has 5 nitrogen and oxygen atoms in total. The molecule has 0 aliphatic rings. The fourth-order valence-electron chi connectivity index (χ4n) is 2.56. The van der Waals surface area contributed by atoms with Crippen molar-refractivity contribution < 1.29 is 4.79 Å². The first kappa shape index (κ1) is 20.2. The van der Waals surface area contributed by atoms with Crippen molar-refractivity contribution in [1.29, 1.82) is 0 Å². The third kappa shape index (κ3) is 5.97. The molecule has 7 heteroatoms. The minimum absolute atomic E-state index is 0.0577. The van der Waals surface area contributed by atoms with Gasteiger partial charge in [0.15, 0.2) is 0 Å². The van der Waals surface area contributed by atoms with E-state index in [4.69, 9.17) is 11.6 Å². The summed E-state index contributed by atoms with van der Waals surface area (Å²) < 4.78 is 0. The van der Waals surface area contributed by atoms with Crippen molar-refractivity contribution in [2.75, 3.05) is 16.4 Å². The van der Waals surface area contributed by atoms with E-state index in [0.29, 0.717) is 22.4 Å². The SMILES string of the molecule is CCc1ccccc1NC(=O)CSc1ccc(NCc2ccc(Cl)cc2)nn1. The molecular weight excluding hydrogens is 392 g/mol. The molecular formula is C21H21ClN4OS. The van der Waals surface area contributed by atoms with Gasteiger partial charge in [-0.25, -0.2) is 0 Å². The summed E-state index contributed by atoms with van der Waals surface area (Å²) in [6, 6.07) is 19.2. The number of rotatable bonds is 8. The number of nitrogens with one attached hydrogen (secondary N) is 2. The summed E-state index contributed by atoms with van der Waals surface area (Å²) in [5, 5.41) is 15.9. The van der Waals surface area contributed by atoms with Crippen LogP contribution >= 0.6 is 23.4 Å². The third-order valence-electron chi connectivity index (χ3n) is 4.05. The highest BCUT2D eigenvalue weighted by Crippen LogP contribution is 2.19. The summed E-state index contributed by atoms with van der Waals surface area (Å²) in [5.74, 6) is 0.905. The number of aromatic nitrogens is 2. The Balaban J connectivity index is 1.47. The molecule has 3 aromatic rings. The fraction of sp³-hybridized carbons (Fsp3) is 0.190. The first-order valence-corrected chi connectivity index (χ1v) is 10.3. The number of carbonyl (C=O) groups is 1. The van der Waals surface area contributed by atoms with E-state index >= 15 is 0 Å². The molecule has 0 atom stereocenters. The standard InChI is InChI=1S/C21H21ClN4OS/c1-2-16-5-3-4-6-18(16)24-20(27)14-28-21-12-11-19(25-26-21)23-13-15-7-9-17(22)10-8-15/h3-12H,2,13-14H2,1H3,(H,23,25)(H,24,27). The number of carbonyl (C=O) groups excluding carboxylic acids is 1. The molecule has 1 heterocycles. The predicted molar refractivity (Wildman–Crippen MR) is 116 cm³/mol. The Hall–Kier alpha value is -2.57. The lowest BCUT2D eigenvalue weighted by Gasteiger charge is -2.09. The molecule has 0 spiro atoms. The molecule has 0 fully saturated rings. The van der Waals surface area contributed by atoms with Gasteiger partial charge in [0.25, 0.3) is 0 Å². The number of para-hydroxylation sites is 1. The molecule has 144 valence electrons. The maximum atomic E-state index is 12.2. The van der Waals surface area contributed by atoms with Gasteiger partial charge in [-0.15, -0.1) is 10.2 Å². The zero-order chi connectivity index (χ0) is 19.8. The first-order valence-electron chi connectivity index (χ1n) is 8.96. The van der Waals surface area contributed by atoms with Crippen LogP contribution in [0.15, 0.2) is 65.7 Å². The van der Waals surface area contributed by atoms with Crippen molar-refractivity contribution in [3.63, 3.8) is 0 Å². The fourth-order valence-corrected chi connectivity index (χ4v) is 3.30. The average molecular weight is 413 g/mol. The van der Waals surface area contributed by atoms with E-state index in [2.05, 4.69) is 27.8 Å². The van der Waals surface area contributed by atoms with Gasteiger partial charge in [-0.3, -0.25) is 4.79 Å². The van der Waals surface area contributed by atoms with Crippen molar-refractivity contribution >= 4 is 40.8 Å². The molecule has 2 N–H and O–H groups in total. The van der Waals surface area contributed by atoms with Crippen LogP contribution in [0.3, 0.4) is 0 Å². The molecule has 1 amide bonds. The maximum Gasteiger partial charge on any atom is 0.234 e. The van der Waals surface area contributed by atoms with Gasteiger partial charge in [0.2, 0.25) is 5.91 Å². The van der Waals surface area contributed by atoms with Crippen LogP contribution in [0.5, 0.6) is 0 Å². The molecule has 0 aliphatic carbocycles. The van der Waals surface area contributed by atoms with Crippen molar-refractivity contribution in [3.05, 3.63) is 76.8 Å². The second-order valence-corrected chi connectivity index (χ2v) is 7.52. The van der Waals surface area contributed by atoms with E-state index in [-0.39, 0.29) is 11.7 Å². The van der Waals surface area contributed by atoms with Crippen molar-refractivity contribution in [2.24, 2.45) is 0 Å². The van der Waals surface area contributed by atoms with E-state index in [1.54, 1.807) is 0 Å². The maximum absolute atomic E-state index is 12.2. The normalized spacial score (nSPS) is 10.5. The minimum atomic E-state index is -0.0577. The van der Waals surface area contributed by atoms with Crippen LogP contribution in [0.2, 0.25) is 5.02 Å². The Morgan fingerprint density at radius 1 is 1.04 bits per heavy atom. The number of aryl methyl sites for hydroxylation is 1. The minimum Gasteiger partial charge on any atom is -0.365 e. The van der Waals surface area contributed by atoms with E-state index in [9.17, 15) is 4.79 Å². The van der Waals surface area contributed by atoms with Gasteiger partial charge in [0.1, 0.15) is 10.8 Å². The van der Waals surface area contributed by atoms with Crippen LogP contribution in [0, 0.1) is 0 Å². The Morgan fingerprint density at radius 2 is 1.82 bits per heavy atom. The van der Waals surface area contributed by atoms with Gasteiger partial charge in [-0.2, -0.15) is 0 Å². The number of thioether (sulfide) groups is 1. The molecule has 0 saturated heterocycles. The Labute approximate surface area is 173 Å². The van der Waals surface area contributed by atoms with Gasteiger partial charge in [0, 0.05) is 17.3 Å². The lowest BCUT2D eigenvalue weighted by Crippen LogP contribution is -2.15. The topological polar surface area (TPSA) is 66.9 Å². The average Bonchev–Trinajstić information content (AvgIpc) is 2.73. The van der Waals surface area contributed by atoms with Crippen LogP contribution in [0.1, 0.15) is 18.1 Å². The van der Waals surface area contributed by atoms with Gasteiger partial charge < -0.3 is 10.6 Å². The van der Waals surface area contributed by atoms with E-state index in [1.807, 2.05) is 60.7 Å². The number of benzene rings is 2. The number of amides is 1. The largest absolute Gasteiger partial charge is 0.365 e. The summed E-state index contributed by atoms with van der Waals surface area (Å²) in [5.41, 5.74) is 3.09. The van der Waals surface area contributed by atoms with Crippen molar-refractivity contribution in [2.45, 2.75) is 24.9 Å². The van der Waals surface area contributed by atoms with Crippen LogP contribution in [-0.2, 0) is 17.8 Å². The van der Waals surface area contributed by atoms with Crippen LogP contribution < -0.4 is 10.6 Å². The lowest BCUT2D eigenvalue weighted by molar-refractivity contribution is -0.113. The molecule has 1 aromatic heterocycles. The molecule has 0 saturated carbocycles. The predicted octanol–water partition coefficient (Wildman–Crippen LogP) is 5.04. The van der Waals surface area contributed by atoms with Crippen LogP contribution in [0.4, 0.5) is 11.5 Å². The summed E-state index contributed by atoms with van der Waals surface area (Å²) in [6.07, 6.45) is 0.875. The third-order valence-corrected chi connectivity index (χ3v) is 5.22. The van der Waals surface area contributed by atoms with Crippen molar-refractivity contribution in [1.82, 2.24) is 10.2 Å². The molecule has 2 aromatic carbocycles. The summed E-state index contributed by atoms with van der Waals surface area (Å²) in [6.45, 7) is 2.70. The molecule has 28 heavy (non-hydrogen) atoms. The van der Waals surface area contributed by atoms with Gasteiger partial charge in [-0.05, 0) is 47.9 Å². The Bertz CT molecular complexity index is 916. The zero-order valence-corrected chi connectivity index (χ0v) is 17.1. The number of halogens is 1. The first-order chi connectivity index (χ1) is 13.6. The monoisotopic (exact) mass is 412 g/mol. The summed E-state index contributed by atoms with van der Waals surface area (Å²) in [7, 11) is 0. The highest BCUT2D eigenvalue weighted by molar-refractivity contribution is 7.99. The number of hydrogen-bond acceptors (Lipinski definition) is 5. The molecule has 0 bridgehead atoms.